The third-order valence-electron chi connectivity index (χ3n) is 2.51. The molecule has 2 aromatic rings. The average Bonchev–Trinajstić information content (AvgIpc) is 2.37. The largest absolute Gasteiger partial charge is 0.496 e. The van der Waals surface area contributed by atoms with Gasteiger partial charge in [0, 0.05) is 4.90 Å². The number of nitrogens with two attached hydrogens (primary N) is 1. The van der Waals surface area contributed by atoms with Crippen molar-refractivity contribution in [2.75, 3.05) is 12.9 Å². The van der Waals surface area contributed by atoms with Crippen LogP contribution in [0.15, 0.2) is 27.4 Å². The smallest absolute Gasteiger partial charge is 0.191 e. The number of rotatable bonds is 4. The van der Waals surface area contributed by atoms with Gasteiger partial charge in [-0.2, -0.15) is 0 Å². The highest BCUT2D eigenvalue weighted by atomic mass is 32.2. The lowest BCUT2D eigenvalue weighted by molar-refractivity contribution is 0.418. The van der Waals surface area contributed by atoms with E-state index in [2.05, 4.69) is 27.2 Å². The lowest BCUT2D eigenvalue weighted by atomic mass is 10.2. The first-order valence-electron chi connectivity index (χ1n) is 5.79. The monoisotopic (exact) mass is 277 g/mol. The molecule has 0 atom stereocenters. The Morgan fingerprint density at radius 3 is 2.79 bits per heavy atom. The Morgan fingerprint density at radius 1 is 1.37 bits per heavy atom. The molecule has 1 aromatic heterocycles. The fourth-order valence-corrected chi connectivity index (χ4v) is 2.55. The summed E-state index contributed by atoms with van der Waals surface area (Å²) >= 11 is 1.73. The molecule has 2 N–H and O–H groups in total. The van der Waals surface area contributed by atoms with Crippen molar-refractivity contribution in [3.05, 3.63) is 18.0 Å². The van der Waals surface area contributed by atoms with E-state index in [0.29, 0.717) is 17.4 Å². The molecule has 0 radical (unpaired) electrons. The predicted molar refractivity (Wildman–Crippen MR) is 75.9 cm³/mol. The first kappa shape index (κ1) is 13.5. The van der Waals surface area contributed by atoms with Gasteiger partial charge >= 0.3 is 0 Å². The SMILES string of the molecule is CCSc1cc(OC)c2c(N=NN)nc(C)nc2c1. The summed E-state index contributed by atoms with van der Waals surface area (Å²) in [5.41, 5.74) is 0.783. The first-order valence-corrected chi connectivity index (χ1v) is 6.78. The minimum Gasteiger partial charge on any atom is -0.496 e. The molecule has 0 aliphatic rings. The van der Waals surface area contributed by atoms with Crippen LogP contribution in [-0.2, 0) is 0 Å². The molecule has 0 unspecified atom stereocenters. The Labute approximate surface area is 115 Å². The van der Waals surface area contributed by atoms with E-state index in [4.69, 9.17) is 10.6 Å². The quantitative estimate of drug-likeness (QED) is 0.402. The molecule has 6 nitrogen and oxygen atoms in total. The number of hydrogen-bond acceptors (Lipinski definition) is 6. The highest BCUT2D eigenvalue weighted by Crippen LogP contribution is 2.36. The summed E-state index contributed by atoms with van der Waals surface area (Å²) < 4.78 is 5.41. The zero-order valence-electron chi connectivity index (χ0n) is 11.0. The maximum atomic E-state index is 5.41. The van der Waals surface area contributed by atoms with E-state index in [9.17, 15) is 0 Å². The van der Waals surface area contributed by atoms with Crippen LogP contribution in [0.4, 0.5) is 5.82 Å². The van der Waals surface area contributed by atoms with Crippen LogP contribution in [0.3, 0.4) is 0 Å². The van der Waals surface area contributed by atoms with E-state index < -0.39 is 0 Å². The third kappa shape index (κ3) is 2.76. The predicted octanol–water partition coefficient (Wildman–Crippen LogP) is 3.02. The number of thioether (sulfide) groups is 1. The lowest BCUT2D eigenvalue weighted by Crippen LogP contribution is -1.94. The van der Waals surface area contributed by atoms with Crippen molar-refractivity contribution < 1.29 is 4.74 Å². The second kappa shape index (κ2) is 5.83. The number of fused-ring (bicyclic) bond motifs is 1. The van der Waals surface area contributed by atoms with Crippen molar-refractivity contribution in [2.24, 2.45) is 16.2 Å². The molecule has 100 valence electrons. The van der Waals surface area contributed by atoms with Crippen LogP contribution in [0, 0.1) is 6.92 Å². The number of aryl methyl sites for hydroxylation is 1. The Balaban J connectivity index is 2.76. The topological polar surface area (TPSA) is 85.8 Å². The van der Waals surface area contributed by atoms with Crippen LogP contribution in [0.2, 0.25) is 0 Å². The Morgan fingerprint density at radius 2 is 2.16 bits per heavy atom. The lowest BCUT2D eigenvalue weighted by Gasteiger charge is -2.09. The highest BCUT2D eigenvalue weighted by Gasteiger charge is 2.13. The van der Waals surface area contributed by atoms with Crippen LogP contribution < -0.4 is 10.6 Å². The van der Waals surface area contributed by atoms with Gasteiger partial charge in [0.25, 0.3) is 0 Å². The van der Waals surface area contributed by atoms with Gasteiger partial charge in [0.2, 0.25) is 0 Å². The summed E-state index contributed by atoms with van der Waals surface area (Å²) in [6, 6.07) is 3.95. The second-order valence-corrected chi connectivity index (χ2v) is 5.10. The molecule has 2 rings (SSSR count). The molecule has 1 aromatic carbocycles. The first-order chi connectivity index (χ1) is 9.19. The molecular weight excluding hydrogens is 262 g/mol. The summed E-state index contributed by atoms with van der Waals surface area (Å²) in [6.07, 6.45) is 0. The number of ether oxygens (including phenoxy) is 1. The van der Waals surface area contributed by atoms with E-state index in [1.54, 1.807) is 25.8 Å². The second-order valence-electron chi connectivity index (χ2n) is 3.76. The molecule has 0 aliphatic carbocycles. The van der Waals surface area contributed by atoms with Gasteiger partial charge in [0.05, 0.1) is 18.0 Å². The number of nitrogens with zero attached hydrogens (tertiary/aromatic N) is 4. The van der Waals surface area contributed by atoms with Gasteiger partial charge in [-0.1, -0.05) is 12.1 Å². The number of methoxy groups -OCH3 is 1. The van der Waals surface area contributed by atoms with E-state index in [1.165, 1.54) is 0 Å². The van der Waals surface area contributed by atoms with E-state index in [1.807, 2.05) is 12.1 Å². The summed E-state index contributed by atoms with van der Waals surface area (Å²) in [7, 11) is 1.61. The fourth-order valence-electron chi connectivity index (χ4n) is 1.84. The Bertz CT molecular complexity index is 629. The van der Waals surface area contributed by atoms with Crippen molar-refractivity contribution in [1.29, 1.82) is 0 Å². The summed E-state index contributed by atoms with van der Waals surface area (Å²) in [5, 5.41) is 7.87. The number of hydrogen-bond donors (Lipinski definition) is 1. The van der Waals surface area contributed by atoms with Crippen molar-refractivity contribution in [3.8, 4) is 5.75 Å². The van der Waals surface area contributed by atoms with Gasteiger partial charge in [-0.3, -0.25) is 0 Å². The third-order valence-corrected chi connectivity index (χ3v) is 3.37. The average molecular weight is 277 g/mol. The van der Waals surface area contributed by atoms with Gasteiger partial charge in [-0.05, 0) is 24.8 Å². The van der Waals surface area contributed by atoms with E-state index >= 15 is 0 Å². The van der Waals surface area contributed by atoms with Crippen LogP contribution in [0.5, 0.6) is 5.75 Å². The molecule has 0 saturated carbocycles. The highest BCUT2D eigenvalue weighted by molar-refractivity contribution is 7.99. The maximum Gasteiger partial charge on any atom is 0.191 e. The van der Waals surface area contributed by atoms with Gasteiger partial charge in [0.1, 0.15) is 11.6 Å². The molecule has 0 bridgehead atoms. The maximum absolute atomic E-state index is 5.41. The van der Waals surface area contributed by atoms with E-state index in [-0.39, 0.29) is 0 Å². The Hall–Kier alpha value is -1.89. The number of aromatic nitrogens is 2. The van der Waals surface area contributed by atoms with Crippen LogP contribution >= 0.6 is 11.8 Å². The van der Waals surface area contributed by atoms with Gasteiger partial charge < -0.3 is 10.6 Å². The van der Waals surface area contributed by atoms with E-state index in [0.717, 1.165) is 21.6 Å². The zero-order chi connectivity index (χ0) is 13.8. The molecule has 7 heteroatoms. The normalized spacial score (nSPS) is 11.3. The van der Waals surface area contributed by atoms with Gasteiger partial charge in [-0.25, -0.2) is 9.97 Å². The molecule has 0 fully saturated rings. The standard InChI is InChI=1S/C12H15N5OS/c1-4-19-8-5-9-11(10(6-8)18-3)12(16-17-13)15-7(2)14-9/h5-6H,4H2,1-3H3,(H2,13,14,15,16). The van der Waals surface area contributed by atoms with Crippen molar-refractivity contribution in [1.82, 2.24) is 9.97 Å². The minimum absolute atomic E-state index is 0.426. The molecule has 19 heavy (non-hydrogen) atoms. The molecule has 0 amide bonds. The van der Waals surface area contributed by atoms with Gasteiger partial charge in [-0.15, -0.1) is 16.9 Å². The molecule has 0 saturated heterocycles. The zero-order valence-corrected chi connectivity index (χ0v) is 11.9. The Kier molecular flexibility index (Phi) is 4.16. The van der Waals surface area contributed by atoms with Crippen molar-refractivity contribution in [3.63, 3.8) is 0 Å². The van der Waals surface area contributed by atoms with Crippen molar-refractivity contribution >= 4 is 28.5 Å². The molecular formula is C12H15N5OS. The summed E-state index contributed by atoms with van der Waals surface area (Å²) in [6.45, 7) is 3.90. The van der Waals surface area contributed by atoms with Crippen molar-refractivity contribution in [2.45, 2.75) is 18.7 Å². The molecule has 0 spiro atoms. The fraction of sp³-hybridized carbons (Fsp3) is 0.333. The molecule has 1 heterocycles. The molecule has 0 aliphatic heterocycles. The van der Waals surface area contributed by atoms with Crippen LogP contribution in [-0.4, -0.2) is 22.8 Å². The number of benzene rings is 1. The summed E-state index contributed by atoms with van der Waals surface area (Å²) in [5.74, 6) is 7.83. The van der Waals surface area contributed by atoms with Crippen LogP contribution in [0.25, 0.3) is 10.9 Å². The van der Waals surface area contributed by atoms with Gasteiger partial charge in [0.15, 0.2) is 5.82 Å². The van der Waals surface area contributed by atoms with Crippen LogP contribution in [0.1, 0.15) is 12.7 Å². The summed E-state index contributed by atoms with van der Waals surface area (Å²) in [4.78, 5) is 9.76. The minimum atomic E-state index is 0.426.